The highest BCUT2D eigenvalue weighted by atomic mass is 19.1. The first-order valence-corrected chi connectivity index (χ1v) is 8.87. The number of allylic oxidation sites excluding steroid dienone is 1. The van der Waals surface area contributed by atoms with Crippen molar-refractivity contribution in [3.8, 4) is 0 Å². The molecular weight excluding hydrogens is 365 g/mol. The predicted octanol–water partition coefficient (Wildman–Crippen LogP) is 2.01. The molecule has 1 atom stereocenters. The number of nitrogens with zero attached hydrogens (tertiary/aromatic N) is 2. The summed E-state index contributed by atoms with van der Waals surface area (Å²) >= 11 is 0. The van der Waals surface area contributed by atoms with Crippen molar-refractivity contribution in [3.05, 3.63) is 73.3 Å². The molecule has 1 unspecified atom stereocenters. The Hall–Kier alpha value is -3.16. The summed E-state index contributed by atoms with van der Waals surface area (Å²) in [5.41, 5.74) is 0.490. The predicted molar refractivity (Wildman–Crippen MR) is 103 cm³/mol. The smallest absolute Gasteiger partial charge is 0.337 e. The van der Waals surface area contributed by atoms with Gasteiger partial charge in [-0.05, 0) is 38.5 Å². The van der Waals surface area contributed by atoms with E-state index in [1.165, 1.54) is 35.9 Å². The Kier molecular flexibility index (Phi) is 4.97. The van der Waals surface area contributed by atoms with Gasteiger partial charge in [0.1, 0.15) is 11.6 Å². The second-order valence-electron chi connectivity index (χ2n) is 7.07. The van der Waals surface area contributed by atoms with Crippen LogP contribution in [0.3, 0.4) is 0 Å². The molecule has 1 aliphatic heterocycles. The zero-order valence-electron chi connectivity index (χ0n) is 16.4. The minimum absolute atomic E-state index is 0.234. The molecule has 0 amide bonds. The average Bonchev–Trinajstić information content (AvgIpc) is 2.63. The third-order valence-corrected chi connectivity index (χ3v) is 4.75. The summed E-state index contributed by atoms with van der Waals surface area (Å²) in [4.78, 5) is 38.2. The summed E-state index contributed by atoms with van der Waals surface area (Å²) in [7, 11) is 2.92. The first-order valence-electron chi connectivity index (χ1n) is 8.87. The van der Waals surface area contributed by atoms with E-state index in [-0.39, 0.29) is 17.2 Å². The summed E-state index contributed by atoms with van der Waals surface area (Å²) in [6.07, 6.45) is -0.356. The molecule has 1 aromatic carbocycles. The first-order chi connectivity index (χ1) is 13.1. The molecule has 0 fully saturated rings. The fraction of sp³-hybridized carbons (Fsp3) is 0.350. The molecule has 0 aliphatic carbocycles. The van der Waals surface area contributed by atoms with Gasteiger partial charge in [-0.25, -0.2) is 14.0 Å². The monoisotopic (exact) mass is 387 g/mol. The van der Waals surface area contributed by atoms with Crippen molar-refractivity contribution in [2.45, 2.75) is 32.8 Å². The van der Waals surface area contributed by atoms with Crippen molar-refractivity contribution in [2.75, 3.05) is 5.32 Å². The van der Waals surface area contributed by atoms with Crippen LogP contribution in [0.2, 0.25) is 0 Å². The molecule has 8 heteroatoms. The Morgan fingerprint density at radius 2 is 1.75 bits per heavy atom. The van der Waals surface area contributed by atoms with Gasteiger partial charge in [0.15, 0.2) is 0 Å². The molecule has 3 rings (SSSR count). The van der Waals surface area contributed by atoms with Crippen LogP contribution in [0.5, 0.6) is 0 Å². The van der Waals surface area contributed by atoms with Gasteiger partial charge in [0.05, 0.1) is 23.2 Å². The van der Waals surface area contributed by atoms with Crippen molar-refractivity contribution >= 4 is 11.8 Å². The van der Waals surface area contributed by atoms with E-state index in [1.807, 2.05) is 0 Å². The largest absolute Gasteiger partial charge is 0.460 e. The summed E-state index contributed by atoms with van der Waals surface area (Å²) in [5.74, 6) is -1.50. The van der Waals surface area contributed by atoms with E-state index in [2.05, 4.69) is 5.32 Å². The van der Waals surface area contributed by atoms with Crippen LogP contribution in [-0.2, 0) is 23.6 Å². The van der Waals surface area contributed by atoms with Gasteiger partial charge in [-0.2, -0.15) is 0 Å². The van der Waals surface area contributed by atoms with E-state index in [0.29, 0.717) is 17.1 Å². The van der Waals surface area contributed by atoms with Crippen molar-refractivity contribution < 1.29 is 13.9 Å². The van der Waals surface area contributed by atoms with Gasteiger partial charge in [0.25, 0.3) is 5.56 Å². The molecule has 1 aliphatic rings. The minimum Gasteiger partial charge on any atom is -0.460 e. The van der Waals surface area contributed by atoms with Crippen molar-refractivity contribution in [3.63, 3.8) is 0 Å². The van der Waals surface area contributed by atoms with Crippen LogP contribution < -0.4 is 16.6 Å². The highest BCUT2D eigenvalue weighted by Gasteiger charge is 2.37. The molecule has 0 bridgehead atoms. The SMILES string of the molecule is CC1=C(C(=O)OC(C)C)C(c2ccc(F)cc2)c2c(n(C)c(=O)n(C)c2=O)N1. The van der Waals surface area contributed by atoms with Gasteiger partial charge in [-0.15, -0.1) is 0 Å². The quantitative estimate of drug-likeness (QED) is 0.815. The van der Waals surface area contributed by atoms with Gasteiger partial charge in [-0.3, -0.25) is 13.9 Å². The number of nitrogens with one attached hydrogen (secondary N) is 1. The molecule has 2 heterocycles. The van der Waals surface area contributed by atoms with Gasteiger partial charge >= 0.3 is 11.7 Å². The van der Waals surface area contributed by atoms with Crippen LogP contribution in [0.4, 0.5) is 10.2 Å². The van der Waals surface area contributed by atoms with Crippen molar-refractivity contribution in [1.29, 1.82) is 0 Å². The molecule has 0 spiro atoms. The molecule has 2 aromatic rings. The van der Waals surface area contributed by atoms with Crippen molar-refractivity contribution in [2.24, 2.45) is 14.1 Å². The number of aromatic nitrogens is 2. The van der Waals surface area contributed by atoms with E-state index in [9.17, 15) is 18.8 Å². The van der Waals surface area contributed by atoms with E-state index in [4.69, 9.17) is 4.74 Å². The molecular formula is C20H22FN3O4. The third-order valence-electron chi connectivity index (χ3n) is 4.75. The molecule has 1 N–H and O–H groups in total. The van der Waals surface area contributed by atoms with E-state index < -0.39 is 29.0 Å². The minimum atomic E-state index is -0.798. The third kappa shape index (κ3) is 3.15. The summed E-state index contributed by atoms with van der Waals surface area (Å²) in [6, 6.07) is 5.58. The van der Waals surface area contributed by atoms with E-state index in [1.54, 1.807) is 27.8 Å². The summed E-state index contributed by atoms with van der Waals surface area (Å²) in [6.45, 7) is 5.14. The van der Waals surface area contributed by atoms with Gasteiger partial charge in [0, 0.05) is 19.8 Å². The number of anilines is 1. The maximum atomic E-state index is 13.5. The number of hydrogen-bond donors (Lipinski definition) is 1. The lowest BCUT2D eigenvalue weighted by molar-refractivity contribution is -0.143. The fourth-order valence-corrected chi connectivity index (χ4v) is 3.42. The normalized spacial score (nSPS) is 16.0. The number of benzene rings is 1. The highest BCUT2D eigenvalue weighted by Crippen LogP contribution is 2.40. The Morgan fingerprint density at radius 1 is 1.14 bits per heavy atom. The average molecular weight is 387 g/mol. The number of carbonyl (C=O) groups is 1. The highest BCUT2D eigenvalue weighted by molar-refractivity contribution is 5.94. The Balaban J connectivity index is 2.35. The second-order valence-corrected chi connectivity index (χ2v) is 7.07. The molecule has 0 saturated heterocycles. The maximum absolute atomic E-state index is 13.5. The van der Waals surface area contributed by atoms with Crippen molar-refractivity contribution in [1.82, 2.24) is 9.13 Å². The van der Waals surface area contributed by atoms with Gasteiger partial charge in [-0.1, -0.05) is 12.1 Å². The number of rotatable bonds is 3. The van der Waals surface area contributed by atoms with Crippen LogP contribution >= 0.6 is 0 Å². The number of esters is 1. The molecule has 7 nitrogen and oxygen atoms in total. The molecule has 148 valence electrons. The number of fused-ring (bicyclic) bond motifs is 1. The number of carbonyl (C=O) groups excluding carboxylic acids is 1. The Labute approximate surface area is 161 Å². The van der Waals surface area contributed by atoms with Crippen LogP contribution in [-0.4, -0.2) is 21.2 Å². The van der Waals surface area contributed by atoms with Crippen LogP contribution in [0.25, 0.3) is 0 Å². The van der Waals surface area contributed by atoms with E-state index in [0.717, 1.165) is 4.57 Å². The molecule has 1 aromatic heterocycles. The zero-order chi connectivity index (χ0) is 20.7. The first kappa shape index (κ1) is 19.6. The lowest BCUT2D eigenvalue weighted by Gasteiger charge is -2.31. The number of ether oxygens (including phenoxy) is 1. The molecule has 0 radical (unpaired) electrons. The second kappa shape index (κ2) is 7.10. The van der Waals surface area contributed by atoms with Gasteiger partial charge in [0.2, 0.25) is 0 Å². The zero-order valence-corrected chi connectivity index (χ0v) is 16.4. The Bertz CT molecular complexity index is 1090. The lowest BCUT2D eigenvalue weighted by atomic mass is 9.82. The van der Waals surface area contributed by atoms with Crippen LogP contribution in [0.1, 0.15) is 37.8 Å². The number of halogens is 1. The fourth-order valence-electron chi connectivity index (χ4n) is 3.42. The van der Waals surface area contributed by atoms with Gasteiger partial charge < -0.3 is 10.1 Å². The van der Waals surface area contributed by atoms with Crippen LogP contribution in [0.15, 0.2) is 45.1 Å². The number of hydrogen-bond acceptors (Lipinski definition) is 5. The molecule has 0 saturated carbocycles. The topological polar surface area (TPSA) is 82.3 Å². The standard InChI is InChI=1S/C20H22FN3O4/c1-10(2)28-19(26)14-11(3)22-17-16(18(25)24(5)20(27)23(17)4)15(14)12-6-8-13(21)9-7-12/h6-10,15,22H,1-5H3. The maximum Gasteiger partial charge on any atom is 0.337 e. The van der Waals surface area contributed by atoms with Crippen LogP contribution in [0, 0.1) is 5.82 Å². The molecule has 28 heavy (non-hydrogen) atoms. The summed E-state index contributed by atoms with van der Waals surface area (Å²) < 4.78 is 21.2. The lowest BCUT2D eigenvalue weighted by Crippen LogP contribution is -2.43. The Morgan fingerprint density at radius 3 is 2.32 bits per heavy atom. The van der Waals surface area contributed by atoms with E-state index >= 15 is 0 Å². The summed E-state index contributed by atoms with van der Waals surface area (Å²) in [5, 5.41) is 3.01.